The molecule has 4 aliphatic heterocycles. The van der Waals surface area contributed by atoms with Crippen LogP contribution in [0.25, 0.3) is 66.3 Å². The van der Waals surface area contributed by atoms with Gasteiger partial charge in [-0.15, -0.1) is 0 Å². The van der Waals surface area contributed by atoms with E-state index in [1.165, 1.54) is 29.3 Å². The molecule has 25 nitrogen and oxygen atoms in total. The summed E-state index contributed by atoms with van der Waals surface area (Å²) in [5, 5.41) is 61.3. The summed E-state index contributed by atoms with van der Waals surface area (Å²) in [6.07, 6.45) is -8.13. The zero-order valence-electron chi connectivity index (χ0n) is 76.1. The molecule has 148 heavy (non-hydrogen) atoms. The summed E-state index contributed by atoms with van der Waals surface area (Å²) in [7, 11) is 0. The van der Waals surface area contributed by atoms with E-state index in [4.69, 9.17) is 113 Å². The van der Waals surface area contributed by atoms with Crippen LogP contribution in [-0.2, 0) is 44.5 Å². The molecular weight excluding hydrogens is 2110 g/mol. The lowest BCUT2D eigenvalue weighted by Crippen LogP contribution is -2.42. The minimum absolute atomic E-state index is 0.00578. The average Bonchev–Trinajstić information content (AvgIpc) is 1.58. The molecule has 0 aliphatic carbocycles. The van der Waals surface area contributed by atoms with Crippen LogP contribution >= 0.6 is 92.8 Å². The third kappa shape index (κ3) is 24.8. The van der Waals surface area contributed by atoms with Crippen molar-refractivity contribution in [3.63, 3.8) is 0 Å². The molecule has 18 rings (SSSR count). The van der Waals surface area contributed by atoms with Crippen LogP contribution in [-0.4, -0.2) is 144 Å². The molecule has 0 spiro atoms. The van der Waals surface area contributed by atoms with Gasteiger partial charge >= 0.3 is 59.6 Å². The first-order valence-electron chi connectivity index (χ1n) is 44.5. The van der Waals surface area contributed by atoms with Crippen LogP contribution < -0.4 is 11.1 Å². The zero-order chi connectivity index (χ0) is 106. The lowest BCUT2D eigenvalue weighted by atomic mass is 9.91. The molecule has 4 aliphatic rings. The number of para-hydroxylation sites is 2. The fourth-order valence-electron chi connectivity index (χ4n) is 17.1. The van der Waals surface area contributed by atoms with Gasteiger partial charge in [0.05, 0.1) is 70.1 Å². The molecule has 0 saturated carbocycles. The number of pyridine rings is 3. The van der Waals surface area contributed by atoms with Crippen LogP contribution in [0.4, 0.5) is 39.5 Å². The highest BCUT2D eigenvalue weighted by Crippen LogP contribution is 2.47. The lowest BCUT2D eigenvalue weighted by Gasteiger charge is -2.25. The van der Waals surface area contributed by atoms with Gasteiger partial charge in [0.25, 0.3) is 11.1 Å². The van der Waals surface area contributed by atoms with Crippen LogP contribution in [0.3, 0.4) is 0 Å². The molecule has 756 valence electrons. The molecule has 4 unspecified atom stereocenters. The highest BCUT2D eigenvalue weighted by Gasteiger charge is 2.52. The normalized spacial score (nSPS) is 15.6. The van der Waals surface area contributed by atoms with Crippen molar-refractivity contribution in [2.24, 2.45) is 20.4 Å². The predicted octanol–water partition coefficient (Wildman–Crippen LogP) is 25.6. The van der Waals surface area contributed by atoms with Crippen LogP contribution in [0.2, 0.25) is 40.3 Å². The number of rotatable bonds is 24. The molecule has 14 aromatic rings. The van der Waals surface area contributed by atoms with Crippen molar-refractivity contribution in [2.75, 3.05) is 0 Å². The summed E-state index contributed by atoms with van der Waals surface area (Å²) in [4.78, 5) is 133. The minimum Gasteiger partial charge on any atom is -0.481 e. The Bertz CT molecular complexity index is 7770. The summed E-state index contributed by atoms with van der Waals surface area (Å²) in [6.45, 7) is 0. The zero-order valence-corrected chi connectivity index (χ0v) is 82.1. The van der Waals surface area contributed by atoms with E-state index >= 15 is 0 Å². The molecule has 0 bridgehead atoms. The molecule has 4 atom stereocenters. The number of fused-ring (bicyclic) bond motifs is 2. The van der Waals surface area contributed by atoms with Crippen molar-refractivity contribution in [1.82, 2.24) is 35.0 Å². The SMILES string of the molecule is O=C(CC(F)(F)C(=O)O)N1N=C(c2c(-c3ccc(Cl)cc3)c3ccccc3[nH]c2=O)CC1c1ccc(Cl)cc1.O=C(O)CC(F)(F)C(=O)N1N=C(c2ccccc2-c2cc(Cl)cc(Cl)c2)CC1c1ccc(Cl)cc1.O=C(O)CC(F)(F)C(=O)N1N=C(c2ccccc2-c2ccc(C(F)(F)F)cc2)CC1c1ccc(Cl)cc1.O=C(O)CCC(=O)N1N=C(c2c(-c3ccc(Cl)cc3)c3ccccc3[nH]c2=O)CC1c1ccc(Cl)nc1. The molecule has 0 radical (unpaired) electrons. The lowest BCUT2D eigenvalue weighted by molar-refractivity contribution is -0.170. The number of aromatic nitrogens is 3. The van der Waals surface area contributed by atoms with E-state index in [0.29, 0.717) is 156 Å². The van der Waals surface area contributed by atoms with Gasteiger partial charge in [-0.2, -0.15) is 59.9 Å². The van der Waals surface area contributed by atoms with E-state index in [-0.39, 0.29) is 61.1 Å². The molecule has 7 heterocycles. The van der Waals surface area contributed by atoms with Crippen molar-refractivity contribution in [2.45, 2.75) is 106 Å². The van der Waals surface area contributed by atoms with Gasteiger partial charge in [-0.3, -0.25) is 43.2 Å². The number of hydrogen-bond donors (Lipinski definition) is 6. The summed E-state index contributed by atoms with van der Waals surface area (Å²) >= 11 is 48.4. The highest BCUT2D eigenvalue weighted by atomic mass is 35.5. The summed E-state index contributed by atoms with van der Waals surface area (Å²) in [5.41, 5.74) is 9.33. The number of carboxylic acid groups (broad SMARTS) is 4. The summed E-state index contributed by atoms with van der Waals surface area (Å²) in [6, 6.07) is 70.6. The molecule has 42 heteroatoms. The maximum atomic E-state index is 14.5. The van der Waals surface area contributed by atoms with Gasteiger partial charge < -0.3 is 30.4 Å². The summed E-state index contributed by atoms with van der Waals surface area (Å²) < 4.78 is 125. The van der Waals surface area contributed by atoms with Gasteiger partial charge in [-0.25, -0.2) is 29.8 Å². The highest BCUT2D eigenvalue weighted by molar-refractivity contribution is 6.35. The first kappa shape index (κ1) is 107. The van der Waals surface area contributed by atoms with E-state index in [2.05, 4.69) is 35.4 Å². The van der Waals surface area contributed by atoms with Gasteiger partial charge in [0, 0.05) is 118 Å². The third-order valence-electron chi connectivity index (χ3n) is 23.9. The van der Waals surface area contributed by atoms with E-state index in [1.54, 1.807) is 200 Å². The van der Waals surface area contributed by atoms with Gasteiger partial charge in [-0.05, 0) is 165 Å². The number of hydrazone groups is 4. The van der Waals surface area contributed by atoms with Crippen molar-refractivity contribution in [1.29, 1.82) is 0 Å². The molecule has 0 saturated heterocycles. The van der Waals surface area contributed by atoms with Gasteiger partial charge in [0.15, 0.2) is 0 Å². The number of nitrogens with one attached hydrogen (secondary N) is 2. The number of aliphatic carboxylic acids is 4. The molecular formula is C106H74Cl8F9N11O14. The number of hydrogen-bond acceptors (Lipinski definition) is 15. The standard InChI is InChI=1S/C28H19Cl2F2N3O4.C27H20Cl2N4O4.C26H18ClF5N2O3.C25H17Cl3F2N2O3/c29-17-9-5-15(6-10-17)22-13-21(34-35(22)23(36)14-28(31,32)27(38)39)25-24(16-7-11-18(30)12-8-16)19-3-1-2-4-20(19)33-26(25)37;28-17-8-5-15(6-9-17)25-18-3-1-2-4-19(18)31-27(37)26(25)20-13-21(16-7-10-22(29)30-14-16)33(32-20)23(34)11-12-24(35)36;27-18-11-7-16(8-12-18)22-13-21(33-34(22)24(37)25(28,29)14-23(35)36)20-4-2-1-3-19(20)15-5-9-17(10-6-15)26(30,31)32;26-16-7-5-14(6-8-16)22-12-21(31-32(22)24(35)25(29,30)13-23(33)34)20-4-2-1-3-19(20)15-9-17(27)11-18(28)10-15/h1-12,22H,13-14H2,(H,33,37)(H,38,39);1-10,14,21H,11-13H2,(H,31,37)(H,35,36);1-12,22H,13-14H2,(H,35,36);1-11,22H,12-13H2,(H,33,34). The smallest absolute Gasteiger partial charge is 0.416 e. The van der Waals surface area contributed by atoms with Gasteiger partial charge in [0.2, 0.25) is 11.8 Å². The average molecular weight is 2180 g/mol. The quantitative estimate of drug-likeness (QED) is 0.0242. The Balaban J connectivity index is 0.000000148. The molecule has 3 aromatic heterocycles. The van der Waals surface area contributed by atoms with Crippen molar-refractivity contribution in [3.05, 3.63) is 390 Å². The monoisotopic (exact) mass is 2180 g/mol. The Hall–Kier alpha value is -14.9. The number of halogens is 17. The first-order valence-corrected chi connectivity index (χ1v) is 47.5. The molecule has 11 aromatic carbocycles. The molecule has 4 amide bonds. The second kappa shape index (κ2) is 45.2. The number of carbonyl (C=O) groups is 8. The van der Waals surface area contributed by atoms with Crippen molar-refractivity contribution in [3.8, 4) is 44.5 Å². The van der Waals surface area contributed by atoms with Crippen molar-refractivity contribution < 1.29 is 98.3 Å². The Kier molecular flexibility index (Phi) is 32.8. The second-order valence-electron chi connectivity index (χ2n) is 33.9. The number of carboxylic acids is 4. The van der Waals surface area contributed by atoms with Crippen LogP contribution in [0.5, 0.6) is 0 Å². The fraction of sp³-hybridized carbons (Fsp3) is 0.160. The van der Waals surface area contributed by atoms with E-state index in [9.17, 15) is 87.5 Å². The van der Waals surface area contributed by atoms with Gasteiger partial charge in [-0.1, -0.05) is 257 Å². The number of H-pyrrole nitrogens is 2. The number of alkyl halides is 9. The first-order chi connectivity index (χ1) is 70.3. The Morgan fingerprint density at radius 1 is 0.324 bits per heavy atom. The number of aromatic amines is 2. The number of nitrogens with zero attached hydrogens (tertiary/aromatic N) is 9. The largest absolute Gasteiger partial charge is 0.481 e. The predicted molar refractivity (Wildman–Crippen MR) is 544 cm³/mol. The minimum atomic E-state index is -4.51. The van der Waals surface area contributed by atoms with E-state index < -0.39 is 126 Å². The Morgan fingerprint density at radius 2 is 0.662 bits per heavy atom. The number of amides is 4. The van der Waals surface area contributed by atoms with Gasteiger partial charge in [0.1, 0.15) is 24.4 Å². The van der Waals surface area contributed by atoms with Crippen LogP contribution in [0.15, 0.2) is 309 Å². The molecule has 6 N–H and O–H groups in total. The van der Waals surface area contributed by atoms with E-state index in [0.717, 1.165) is 28.1 Å². The maximum absolute atomic E-state index is 14.5. The molecule has 0 fully saturated rings. The van der Waals surface area contributed by atoms with Crippen molar-refractivity contribution >= 4 is 185 Å². The van der Waals surface area contributed by atoms with Crippen LogP contribution in [0, 0.1) is 0 Å². The second-order valence-corrected chi connectivity index (χ2v) is 37.3. The number of carbonyl (C=O) groups excluding carboxylic acids is 4. The Labute approximate surface area is 873 Å². The summed E-state index contributed by atoms with van der Waals surface area (Å²) in [5.74, 6) is -25.0. The van der Waals surface area contributed by atoms with Crippen LogP contribution in [0.1, 0.15) is 132 Å². The third-order valence-corrected chi connectivity index (χ3v) is 25.9. The van der Waals surface area contributed by atoms with E-state index in [1.807, 2.05) is 42.5 Å². The maximum Gasteiger partial charge on any atom is 0.416 e. The number of benzene rings is 11. The topological polar surface area (TPSA) is 358 Å². The Morgan fingerprint density at radius 3 is 1.04 bits per heavy atom. The fourth-order valence-corrected chi connectivity index (χ4v) is 18.4.